The molecular weight excluding hydrogens is 448 g/mol. The maximum atomic E-state index is 12.6. The van der Waals surface area contributed by atoms with Crippen molar-refractivity contribution < 1.29 is 33.7 Å². The third kappa shape index (κ3) is 8.32. The summed E-state index contributed by atoms with van der Waals surface area (Å²) in [5.41, 5.74) is 0.326. The Kier molecular flexibility index (Phi) is 9.56. The summed E-state index contributed by atoms with van der Waals surface area (Å²) in [5.74, 6) is -0.683. The van der Waals surface area contributed by atoms with Crippen LogP contribution in [0.1, 0.15) is 45.4 Å². The third-order valence-electron chi connectivity index (χ3n) is 3.97. The second-order valence-corrected chi connectivity index (χ2v) is 8.62. The van der Waals surface area contributed by atoms with Crippen LogP contribution in [0.5, 0.6) is 0 Å². The molecule has 33 heavy (non-hydrogen) atoms. The number of carbonyl (C=O) groups is 3. The number of ether oxygens (including phenoxy) is 3. The van der Waals surface area contributed by atoms with E-state index in [1.807, 2.05) is 30.3 Å². The molecule has 0 atom stereocenters. The minimum atomic E-state index is -1.40. The Morgan fingerprint density at radius 1 is 1.18 bits per heavy atom. The van der Waals surface area contributed by atoms with Crippen molar-refractivity contribution in [2.24, 2.45) is 4.99 Å². The standard InChI is InChI=1S/C23H28N2O7S/c1-5-31-19(26)17(12-9-13-30-14-16-10-7-6-8-11-16)18-15-33-20(25(18)22(28)29)24-21(27)32-23(2,3)4/h6-8,10-12,15H,5,9,13-14H2,1-4H3,(H,28,29)/b17-12?,24-20-. The Balaban J connectivity index is 2.28. The van der Waals surface area contributed by atoms with Crippen molar-refractivity contribution in [1.82, 2.24) is 4.57 Å². The van der Waals surface area contributed by atoms with Crippen LogP contribution in [0.3, 0.4) is 0 Å². The van der Waals surface area contributed by atoms with Crippen molar-refractivity contribution in [2.45, 2.75) is 46.3 Å². The fourth-order valence-corrected chi connectivity index (χ4v) is 3.54. The second kappa shape index (κ2) is 12.1. The van der Waals surface area contributed by atoms with E-state index >= 15 is 0 Å². The number of hydrogen-bond acceptors (Lipinski definition) is 7. The summed E-state index contributed by atoms with van der Waals surface area (Å²) < 4.78 is 16.6. The van der Waals surface area contributed by atoms with E-state index in [4.69, 9.17) is 14.2 Å². The van der Waals surface area contributed by atoms with E-state index in [9.17, 15) is 19.5 Å². The molecule has 0 spiro atoms. The molecule has 0 saturated carbocycles. The topological polar surface area (TPSA) is 116 Å². The zero-order chi connectivity index (χ0) is 24.4. The van der Waals surface area contributed by atoms with Crippen LogP contribution in [0, 0.1) is 0 Å². The lowest BCUT2D eigenvalue weighted by Crippen LogP contribution is -2.28. The highest BCUT2D eigenvalue weighted by Gasteiger charge is 2.23. The van der Waals surface area contributed by atoms with Crippen LogP contribution in [-0.2, 0) is 25.6 Å². The maximum Gasteiger partial charge on any atom is 0.436 e. The lowest BCUT2D eigenvalue weighted by atomic mass is 10.1. The van der Waals surface area contributed by atoms with Crippen LogP contribution >= 0.6 is 11.3 Å². The first kappa shape index (κ1) is 26.0. The molecule has 1 heterocycles. The number of aromatic nitrogens is 1. The molecule has 1 N–H and O–H groups in total. The maximum absolute atomic E-state index is 12.6. The molecule has 0 saturated heterocycles. The molecule has 2 rings (SSSR count). The molecule has 9 nitrogen and oxygen atoms in total. The monoisotopic (exact) mass is 476 g/mol. The lowest BCUT2D eigenvalue weighted by molar-refractivity contribution is -0.136. The van der Waals surface area contributed by atoms with Crippen molar-refractivity contribution in [3.8, 4) is 0 Å². The van der Waals surface area contributed by atoms with Gasteiger partial charge in [0.15, 0.2) is 0 Å². The van der Waals surface area contributed by atoms with Gasteiger partial charge in [0.1, 0.15) is 5.60 Å². The third-order valence-corrected chi connectivity index (χ3v) is 4.80. The number of thiazole rings is 1. The van der Waals surface area contributed by atoms with E-state index in [0.29, 0.717) is 19.6 Å². The summed E-state index contributed by atoms with van der Waals surface area (Å²) in [6.07, 6.45) is -0.428. The van der Waals surface area contributed by atoms with E-state index < -0.39 is 23.8 Å². The molecule has 1 aromatic carbocycles. The Hall–Kier alpha value is -3.24. The van der Waals surface area contributed by atoms with Gasteiger partial charge in [0.05, 0.1) is 31.1 Å². The summed E-state index contributed by atoms with van der Waals surface area (Å²) in [6, 6.07) is 9.63. The first-order valence-electron chi connectivity index (χ1n) is 10.3. The summed E-state index contributed by atoms with van der Waals surface area (Å²) in [7, 11) is 0. The van der Waals surface area contributed by atoms with E-state index in [1.165, 1.54) is 5.38 Å². The van der Waals surface area contributed by atoms with Gasteiger partial charge >= 0.3 is 18.2 Å². The summed E-state index contributed by atoms with van der Waals surface area (Å²) in [4.78, 5) is 40.2. The van der Waals surface area contributed by atoms with Gasteiger partial charge in [-0.25, -0.2) is 19.0 Å². The zero-order valence-electron chi connectivity index (χ0n) is 19.1. The van der Waals surface area contributed by atoms with Gasteiger partial charge in [-0.1, -0.05) is 36.4 Å². The largest absolute Gasteiger partial charge is 0.464 e. The minimum absolute atomic E-state index is 0.0458. The number of carboxylic acid groups (broad SMARTS) is 1. The van der Waals surface area contributed by atoms with Gasteiger partial charge in [0, 0.05) is 5.38 Å². The molecule has 0 radical (unpaired) electrons. The van der Waals surface area contributed by atoms with E-state index in [0.717, 1.165) is 21.5 Å². The Bertz CT molecular complexity index is 1060. The van der Waals surface area contributed by atoms with Gasteiger partial charge in [-0.05, 0) is 39.7 Å². The highest BCUT2D eigenvalue weighted by Crippen LogP contribution is 2.19. The van der Waals surface area contributed by atoms with E-state index in [1.54, 1.807) is 33.8 Å². The second-order valence-electron chi connectivity index (χ2n) is 7.78. The highest BCUT2D eigenvalue weighted by molar-refractivity contribution is 7.07. The van der Waals surface area contributed by atoms with Crippen molar-refractivity contribution in [3.63, 3.8) is 0 Å². The predicted octanol–water partition coefficient (Wildman–Crippen LogP) is 4.46. The Morgan fingerprint density at radius 3 is 2.48 bits per heavy atom. The van der Waals surface area contributed by atoms with Gasteiger partial charge < -0.3 is 19.3 Å². The molecule has 178 valence electrons. The van der Waals surface area contributed by atoms with Gasteiger partial charge in [-0.2, -0.15) is 0 Å². The van der Waals surface area contributed by atoms with Gasteiger partial charge in [-0.3, -0.25) is 0 Å². The molecule has 0 aliphatic rings. The quantitative estimate of drug-likeness (QED) is 0.339. The van der Waals surface area contributed by atoms with Gasteiger partial charge in [0.25, 0.3) is 0 Å². The SMILES string of the molecule is CCOC(=O)C(=CCCOCc1ccccc1)c1cs/c(=N\C(=O)OC(C)(C)C)n1C(=O)O. The van der Waals surface area contributed by atoms with Gasteiger partial charge in [0.2, 0.25) is 4.80 Å². The normalized spacial score (nSPS) is 12.5. The average molecular weight is 477 g/mol. The minimum Gasteiger partial charge on any atom is -0.464 e. The number of hydrogen-bond donors (Lipinski definition) is 1. The van der Waals surface area contributed by atoms with Crippen LogP contribution in [0.25, 0.3) is 5.57 Å². The predicted molar refractivity (Wildman–Crippen MR) is 123 cm³/mol. The first-order valence-corrected chi connectivity index (χ1v) is 11.2. The van der Waals surface area contributed by atoms with Crippen LogP contribution in [0.15, 0.2) is 46.8 Å². The smallest absolute Gasteiger partial charge is 0.436 e. The zero-order valence-corrected chi connectivity index (χ0v) is 19.9. The lowest BCUT2D eigenvalue weighted by Gasteiger charge is -2.16. The van der Waals surface area contributed by atoms with Crippen molar-refractivity contribution in [3.05, 3.63) is 57.8 Å². The number of amides is 1. The molecule has 10 heteroatoms. The Morgan fingerprint density at radius 2 is 1.88 bits per heavy atom. The van der Waals surface area contributed by atoms with E-state index in [2.05, 4.69) is 4.99 Å². The number of rotatable bonds is 8. The number of carbonyl (C=O) groups excluding carboxylic acids is 2. The number of esters is 1. The fourth-order valence-electron chi connectivity index (χ4n) is 2.68. The van der Waals surface area contributed by atoms with Crippen LogP contribution in [0.2, 0.25) is 0 Å². The summed E-state index contributed by atoms with van der Waals surface area (Å²) in [5, 5.41) is 11.2. The molecule has 0 aliphatic carbocycles. The molecule has 0 bridgehead atoms. The van der Waals surface area contributed by atoms with Crippen LogP contribution in [0.4, 0.5) is 9.59 Å². The van der Waals surface area contributed by atoms with Gasteiger partial charge in [-0.15, -0.1) is 16.3 Å². The molecule has 0 aliphatic heterocycles. The van der Waals surface area contributed by atoms with E-state index in [-0.39, 0.29) is 22.7 Å². The van der Waals surface area contributed by atoms with Crippen LogP contribution < -0.4 is 4.80 Å². The molecule has 0 fully saturated rings. The molecular formula is C23H28N2O7S. The molecule has 0 unspecified atom stereocenters. The average Bonchev–Trinajstić information content (AvgIpc) is 3.13. The molecule has 1 amide bonds. The highest BCUT2D eigenvalue weighted by atomic mass is 32.1. The van der Waals surface area contributed by atoms with Crippen molar-refractivity contribution in [1.29, 1.82) is 0 Å². The van der Waals surface area contributed by atoms with Crippen molar-refractivity contribution >= 4 is 35.1 Å². The molecule has 2 aromatic rings. The van der Waals surface area contributed by atoms with Crippen LogP contribution in [-0.4, -0.2) is 46.6 Å². The number of benzene rings is 1. The molecule has 1 aromatic heterocycles. The fraction of sp³-hybridized carbons (Fsp3) is 0.391. The summed E-state index contributed by atoms with van der Waals surface area (Å²) in [6.45, 7) is 7.51. The first-order chi connectivity index (χ1) is 15.6. The van der Waals surface area contributed by atoms with Crippen molar-refractivity contribution in [2.75, 3.05) is 13.2 Å². The number of nitrogens with zero attached hydrogens (tertiary/aromatic N) is 2. The Labute approximate surface area is 195 Å². The summed E-state index contributed by atoms with van der Waals surface area (Å²) >= 11 is 0.898.